The summed E-state index contributed by atoms with van der Waals surface area (Å²) in [5.74, 6) is 0.190. The lowest BCUT2D eigenvalue weighted by molar-refractivity contribution is 0.585. The predicted octanol–water partition coefficient (Wildman–Crippen LogP) is 3.57. The zero-order chi connectivity index (χ0) is 12.3. The molecular weight excluding hydrogens is 305 g/mol. The van der Waals surface area contributed by atoms with Gasteiger partial charge in [-0.1, -0.05) is 18.2 Å². The number of aromatic nitrogens is 2. The van der Waals surface area contributed by atoms with Crippen molar-refractivity contribution >= 4 is 39.1 Å². The van der Waals surface area contributed by atoms with Gasteiger partial charge in [0, 0.05) is 11.8 Å². The Morgan fingerprint density at radius 1 is 1.47 bits per heavy atom. The van der Waals surface area contributed by atoms with Crippen molar-refractivity contribution in [2.45, 2.75) is 6.54 Å². The van der Waals surface area contributed by atoms with Gasteiger partial charge in [-0.3, -0.25) is 4.68 Å². The third-order valence-corrected chi connectivity index (χ3v) is 2.79. The minimum absolute atomic E-state index is 0.251. The van der Waals surface area contributed by atoms with Gasteiger partial charge in [-0.15, -0.1) is 0 Å². The summed E-state index contributed by atoms with van der Waals surface area (Å²) in [6, 6.07) is 6.57. The first-order chi connectivity index (χ1) is 8.20. The van der Waals surface area contributed by atoms with Crippen molar-refractivity contribution in [3.05, 3.63) is 46.3 Å². The Morgan fingerprint density at radius 2 is 2.24 bits per heavy atom. The molecule has 0 aliphatic rings. The van der Waals surface area contributed by atoms with Gasteiger partial charge < -0.3 is 0 Å². The van der Waals surface area contributed by atoms with Crippen LogP contribution < -0.4 is 0 Å². The normalized spacial score (nSPS) is 10.0. The number of rotatable bonds is 3. The summed E-state index contributed by atoms with van der Waals surface area (Å²) in [5, 5.41) is 6.39. The van der Waals surface area contributed by atoms with Crippen molar-refractivity contribution in [2.75, 3.05) is 0 Å². The molecule has 1 aromatic heterocycles. The first kappa shape index (κ1) is 12.1. The van der Waals surface area contributed by atoms with Crippen molar-refractivity contribution in [1.29, 1.82) is 0 Å². The number of thiocarbonyl (C=S) groups is 1. The molecule has 0 bridgehead atoms. The first-order valence-corrected chi connectivity index (χ1v) is 5.95. The van der Waals surface area contributed by atoms with Crippen LogP contribution in [0.5, 0.6) is 0 Å². The van der Waals surface area contributed by atoms with Gasteiger partial charge in [0.25, 0.3) is 0 Å². The maximum absolute atomic E-state index is 13.4. The van der Waals surface area contributed by atoms with Crippen molar-refractivity contribution in [2.24, 2.45) is 4.99 Å². The predicted molar refractivity (Wildman–Crippen MR) is 70.1 cm³/mol. The molecule has 0 aliphatic carbocycles. The van der Waals surface area contributed by atoms with E-state index in [9.17, 15) is 4.39 Å². The van der Waals surface area contributed by atoms with E-state index in [0.717, 1.165) is 0 Å². The van der Waals surface area contributed by atoms with E-state index in [0.29, 0.717) is 22.4 Å². The number of hydrogen-bond acceptors (Lipinski definition) is 3. The molecule has 0 saturated heterocycles. The van der Waals surface area contributed by atoms with Gasteiger partial charge in [0.2, 0.25) is 0 Å². The highest BCUT2D eigenvalue weighted by atomic mass is 79.9. The average Bonchev–Trinajstić information content (AvgIpc) is 2.63. The Hall–Kier alpha value is -1.36. The van der Waals surface area contributed by atoms with Crippen LogP contribution in [-0.2, 0) is 6.54 Å². The Labute approximate surface area is 111 Å². The summed E-state index contributed by atoms with van der Waals surface area (Å²) in [6.45, 7) is 0.345. The molecule has 3 nitrogen and oxygen atoms in total. The van der Waals surface area contributed by atoms with E-state index in [1.165, 1.54) is 6.07 Å². The third-order valence-electron chi connectivity index (χ3n) is 2.14. The monoisotopic (exact) mass is 311 g/mol. The molecule has 0 spiro atoms. The van der Waals surface area contributed by atoms with Crippen LogP contribution in [0.15, 0.2) is 39.9 Å². The number of hydrogen-bond donors (Lipinski definition) is 0. The summed E-state index contributed by atoms with van der Waals surface area (Å²) in [6.07, 6.45) is 1.72. The molecule has 0 saturated carbocycles. The second-order valence-corrected chi connectivity index (χ2v) is 4.33. The van der Waals surface area contributed by atoms with Crippen LogP contribution in [-0.4, -0.2) is 14.9 Å². The topological polar surface area (TPSA) is 30.2 Å². The molecule has 0 unspecified atom stereocenters. The van der Waals surface area contributed by atoms with Gasteiger partial charge in [-0.2, -0.15) is 10.1 Å². The number of benzene rings is 1. The number of isothiocyanates is 1. The van der Waals surface area contributed by atoms with Crippen LogP contribution in [0.4, 0.5) is 10.2 Å². The fraction of sp³-hybridized carbons (Fsp3) is 0.0909. The van der Waals surface area contributed by atoms with Gasteiger partial charge in [-0.25, -0.2) is 4.39 Å². The number of nitrogens with zero attached hydrogens (tertiary/aromatic N) is 3. The van der Waals surface area contributed by atoms with Crippen LogP contribution in [0.3, 0.4) is 0 Å². The SMILES string of the molecule is Fc1ccccc1Cn1cc(Br)c(N=C=S)n1. The molecule has 0 N–H and O–H groups in total. The number of halogens is 2. The minimum atomic E-state index is -0.251. The van der Waals surface area contributed by atoms with E-state index >= 15 is 0 Å². The van der Waals surface area contributed by atoms with Crippen molar-refractivity contribution in [3.8, 4) is 0 Å². The standard InChI is InChI=1S/C11H7BrFN3S/c12-9-6-16(15-11(9)14-7-17)5-8-3-1-2-4-10(8)13/h1-4,6H,5H2. The maximum atomic E-state index is 13.4. The second kappa shape index (κ2) is 5.31. The molecule has 17 heavy (non-hydrogen) atoms. The van der Waals surface area contributed by atoms with Gasteiger partial charge in [-0.05, 0) is 34.2 Å². The summed E-state index contributed by atoms with van der Waals surface area (Å²) < 4.78 is 15.7. The molecule has 86 valence electrons. The molecular formula is C11H7BrFN3S. The zero-order valence-corrected chi connectivity index (χ0v) is 11.0. The average molecular weight is 312 g/mol. The van der Waals surface area contributed by atoms with Crippen LogP contribution >= 0.6 is 28.1 Å². The second-order valence-electron chi connectivity index (χ2n) is 3.29. The Kier molecular flexibility index (Phi) is 3.78. The summed E-state index contributed by atoms with van der Waals surface area (Å²) >= 11 is 7.80. The summed E-state index contributed by atoms with van der Waals surface area (Å²) in [5.41, 5.74) is 0.570. The van der Waals surface area contributed by atoms with Crippen molar-refractivity contribution in [1.82, 2.24) is 9.78 Å². The molecule has 2 aromatic rings. The lowest BCUT2D eigenvalue weighted by atomic mass is 10.2. The first-order valence-electron chi connectivity index (χ1n) is 4.75. The largest absolute Gasteiger partial charge is 0.265 e. The zero-order valence-electron chi connectivity index (χ0n) is 8.60. The minimum Gasteiger partial charge on any atom is -0.265 e. The molecule has 1 aromatic carbocycles. The highest BCUT2D eigenvalue weighted by Gasteiger charge is 2.07. The van der Waals surface area contributed by atoms with Crippen LogP contribution in [0.1, 0.15) is 5.56 Å². The Balaban J connectivity index is 2.28. The molecule has 6 heteroatoms. The molecule has 0 radical (unpaired) electrons. The smallest absolute Gasteiger partial charge is 0.198 e. The van der Waals surface area contributed by atoms with E-state index < -0.39 is 0 Å². The molecule has 1 heterocycles. The molecule has 0 aliphatic heterocycles. The fourth-order valence-corrected chi connectivity index (χ4v) is 1.88. The summed E-state index contributed by atoms with van der Waals surface area (Å²) in [4.78, 5) is 3.78. The van der Waals surface area contributed by atoms with Gasteiger partial charge in [0.05, 0.1) is 16.2 Å². The maximum Gasteiger partial charge on any atom is 0.198 e. The van der Waals surface area contributed by atoms with Crippen LogP contribution in [0.2, 0.25) is 0 Å². The molecule has 0 amide bonds. The van der Waals surface area contributed by atoms with Gasteiger partial charge in [0.15, 0.2) is 5.82 Å². The Bertz CT molecular complexity index is 590. The molecule has 0 atom stereocenters. The van der Waals surface area contributed by atoms with Crippen molar-refractivity contribution < 1.29 is 4.39 Å². The Morgan fingerprint density at radius 3 is 2.94 bits per heavy atom. The van der Waals surface area contributed by atoms with E-state index in [4.69, 9.17) is 0 Å². The van der Waals surface area contributed by atoms with Crippen molar-refractivity contribution in [3.63, 3.8) is 0 Å². The summed E-state index contributed by atoms with van der Waals surface area (Å²) in [7, 11) is 0. The van der Waals surface area contributed by atoms with Gasteiger partial charge in [0.1, 0.15) is 5.82 Å². The lowest BCUT2D eigenvalue weighted by Crippen LogP contribution is -2.01. The van der Waals surface area contributed by atoms with Crippen LogP contribution in [0, 0.1) is 5.82 Å². The lowest BCUT2D eigenvalue weighted by Gasteiger charge is -2.02. The quantitative estimate of drug-likeness (QED) is 0.641. The van der Waals surface area contributed by atoms with E-state index in [-0.39, 0.29) is 5.82 Å². The van der Waals surface area contributed by atoms with E-state index in [1.807, 2.05) is 0 Å². The fourth-order valence-electron chi connectivity index (χ4n) is 1.39. The molecule has 0 fully saturated rings. The third kappa shape index (κ3) is 2.85. The van der Waals surface area contributed by atoms with Gasteiger partial charge >= 0.3 is 0 Å². The molecule has 2 rings (SSSR count). The number of aliphatic imine (C=N–C) groups is 1. The van der Waals surface area contributed by atoms with E-state index in [2.05, 4.69) is 43.4 Å². The highest BCUT2D eigenvalue weighted by Crippen LogP contribution is 2.23. The van der Waals surface area contributed by atoms with Crippen LogP contribution in [0.25, 0.3) is 0 Å². The highest BCUT2D eigenvalue weighted by molar-refractivity contribution is 9.10. The van der Waals surface area contributed by atoms with E-state index in [1.54, 1.807) is 29.1 Å².